The highest BCUT2D eigenvalue weighted by atomic mass is 16.5. The van der Waals surface area contributed by atoms with E-state index in [9.17, 15) is 5.11 Å². The minimum atomic E-state index is -0.189. The molecular weight excluding hydrogens is 212 g/mol. The quantitative estimate of drug-likeness (QED) is 0.821. The van der Waals surface area contributed by atoms with Gasteiger partial charge in [-0.1, -0.05) is 31.5 Å². The number of hydrogen-bond donors (Lipinski definition) is 1. The number of hydrogen-bond acceptors (Lipinski definition) is 2. The zero-order valence-corrected chi connectivity index (χ0v) is 11.4. The molecule has 2 nitrogen and oxygen atoms in total. The van der Waals surface area contributed by atoms with Crippen molar-refractivity contribution in [3.63, 3.8) is 0 Å². The molecule has 1 N–H and O–H groups in total. The third kappa shape index (κ3) is 4.39. The highest BCUT2D eigenvalue weighted by Gasteiger charge is 2.09. The van der Waals surface area contributed by atoms with Crippen LogP contribution in [0.15, 0.2) is 18.2 Å². The molecule has 0 aliphatic heterocycles. The Morgan fingerprint density at radius 2 is 2.00 bits per heavy atom. The largest absolute Gasteiger partial charge is 0.496 e. The van der Waals surface area contributed by atoms with Crippen molar-refractivity contribution in [2.75, 3.05) is 7.11 Å². The Balaban J connectivity index is 2.53. The highest BCUT2D eigenvalue weighted by Crippen LogP contribution is 2.22. The van der Waals surface area contributed by atoms with Crippen LogP contribution in [0.1, 0.15) is 37.8 Å². The van der Waals surface area contributed by atoms with Crippen molar-refractivity contribution in [3.8, 4) is 5.75 Å². The van der Waals surface area contributed by atoms with Crippen LogP contribution < -0.4 is 4.74 Å². The van der Waals surface area contributed by atoms with Crippen LogP contribution in [-0.2, 0) is 6.42 Å². The van der Waals surface area contributed by atoms with Gasteiger partial charge in [-0.25, -0.2) is 0 Å². The molecule has 0 aromatic heterocycles. The predicted molar refractivity (Wildman–Crippen MR) is 71.5 cm³/mol. The molecule has 0 amide bonds. The number of rotatable bonds is 6. The van der Waals surface area contributed by atoms with Crippen LogP contribution in [0.4, 0.5) is 0 Å². The molecule has 0 saturated heterocycles. The van der Waals surface area contributed by atoms with Crippen molar-refractivity contribution >= 4 is 0 Å². The summed E-state index contributed by atoms with van der Waals surface area (Å²) >= 11 is 0. The topological polar surface area (TPSA) is 29.5 Å². The Morgan fingerprint density at radius 1 is 1.29 bits per heavy atom. The molecule has 0 heterocycles. The smallest absolute Gasteiger partial charge is 0.122 e. The van der Waals surface area contributed by atoms with Gasteiger partial charge in [-0.3, -0.25) is 0 Å². The summed E-state index contributed by atoms with van der Waals surface area (Å²) in [5.41, 5.74) is 2.49. The van der Waals surface area contributed by atoms with Crippen LogP contribution in [0, 0.1) is 12.8 Å². The van der Waals surface area contributed by atoms with Crippen LogP contribution in [0.25, 0.3) is 0 Å². The zero-order valence-electron chi connectivity index (χ0n) is 11.4. The second kappa shape index (κ2) is 6.65. The SMILES string of the molecule is COc1ccc(C)cc1CCCC(O)C(C)C. The van der Waals surface area contributed by atoms with E-state index in [4.69, 9.17) is 4.74 Å². The van der Waals surface area contributed by atoms with Gasteiger partial charge in [0.1, 0.15) is 5.75 Å². The van der Waals surface area contributed by atoms with E-state index in [0.29, 0.717) is 5.92 Å². The molecule has 0 aliphatic rings. The first-order chi connectivity index (χ1) is 8.04. The van der Waals surface area contributed by atoms with Crippen LogP contribution in [-0.4, -0.2) is 18.3 Å². The van der Waals surface area contributed by atoms with E-state index >= 15 is 0 Å². The van der Waals surface area contributed by atoms with Crippen molar-refractivity contribution in [2.45, 2.75) is 46.1 Å². The summed E-state index contributed by atoms with van der Waals surface area (Å²) in [5, 5.41) is 9.75. The van der Waals surface area contributed by atoms with Crippen molar-refractivity contribution in [3.05, 3.63) is 29.3 Å². The van der Waals surface area contributed by atoms with Gasteiger partial charge < -0.3 is 9.84 Å². The molecule has 0 spiro atoms. The molecule has 1 rings (SSSR count). The number of benzene rings is 1. The van der Waals surface area contributed by atoms with E-state index in [2.05, 4.69) is 32.9 Å². The number of aliphatic hydroxyl groups is 1. The number of aryl methyl sites for hydroxylation is 2. The lowest BCUT2D eigenvalue weighted by atomic mass is 9.98. The molecule has 96 valence electrons. The predicted octanol–water partition coefficient (Wildman–Crippen LogP) is 3.34. The number of aliphatic hydroxyl groups excluding tert-OH is 1. The molecule has 0 bridgehead atoms. The second-order valence-corrected chi connectivity index (χ2v) is 5.02. The Morgan fingerprint density at radius 3 is 2.59 bits per heavy atom. The van der Waals surface area contributed by atoms with Gasteiger partial charge >= 0.3 is 0 Å². The summed E-state index contributed by atoms with van der Waals surface area (Å²) in [7, 11) is 1.71. The lowest BCUT2D eigenvalue weighted by Crippen LogP contribution is -2.14. The Bertz CT molecular complexity index is 345. The fourth-order valence-corrected chi connectivity index (χ4v) is 1.94. The van der Waals surface area contributed by atoms with Crippen LogP contribution in [0.5, 0.6) is 5.75 Å². The molecular formula is C15H24O2. The van der Waals surface area contributed by atoms with Gasteiger partial charge in [0, 0.05) is 0 Å². The average Bonchev–Trinajstić information content (AvgIpc) is 2.29. The Kier molecular flexibility index (Phi) is 5.49. The highest BCUT2D eigenvalue weighted by molar-refractivity contribution is 5.36. The van der Waals surface area contributed by atoms with E-state index in [0.717, 1.165) is 25.0 Å². The third-order valence-electron chi connectivity index (χ3n) is 3.15. The van der Waals surface area contributed by atoms with E-state index < -0.39 is 0 Å². The normalized spacial score (nSPS) is 12.8. The van der Waals surface area contributed by atoms with Gasteiger partial charge in [-0.05, 0) is 43.7 Å². The van der Waals surface area contributed by atoms with Crippen molar-refractivity contribution in [1.29, 1.82) is 0 Å². The monoisotopic (exact) mass is 236 g/mol. The standard InChI is InChI=1S/C15H24O2/c1-11(2)14(16)7-5-6-13-10-12(3)8-9-15(13)17-4/h8-11,14,16H,5-7H2,1-4H3. The van der Waals surface area contributed by atoms with Gasteiger partial charge in [0.05, 0.1) is 13.2 Å². The Hall–Kier alpha value is -1.02. The number of methoxy groups -OCH3 is 1. The minimum Gasteiger partial charge on any atom is -0.496 e. The van der Waals surface area contributed by atoms with Crippen molar-refractivity contribution < 1.29 is 9.84 Å². The summed E-state index contributed by atoms with van der Waals surface area (Å²) in [4.78, 5) is 0. The second-order valence-electron chi connectivity index (χ2n) is 5.02. The molecule has 1 aromatic rings. The van der Waals surface area contributed by atoms with Gasteiger partial charge in [-0.2, -0.15) is 0 Å². The molecule has 0 aliphatic carbocycles. The molecule has 0 radical (unpaired) electrons. The number of ether oxygens (including phenoxy) is 1. The molecule has 1 atom stereocenters. The van der Waals surface area contributed by atoms with Gasteiger partial charge in [-0.15, -0.1) is 0 Å². The molecule has 0 saturated carbocycles. The molecule has 1 aromatic carbocycles. The summed E-state index contributed by atoms with van der Waals surface area (Å²) in [6.45, 7) is 6.20. The van der Waals surface area contributed by atoms with Crippen molar-refractivity contribution in [1.82, 2.24) is 0 Å². The first-order valence-corrected chi connectivity index (χ1v) is 6.36. The Labute approximate surface area is 105 Å². The summed E-state index contributed by atoms with van der Waals surface area (Å²) in [6, 6.07) is 6.25. The fourth-order valence-electron chi connectivity index (χ4n) is 1.94. The van der Waals surface area contributed by atoms with Crippen LogP contribution in [0.2, 0.25) is 0 Å². The van der Waals surface area contributed by atoms with E-state index in [1.807, 2.05) is 6.07 Å². The molecule has 1 unspecified atom stereocenters. The van der Waals surface area contributed by atoms with E-state index in [1.165, 1.54) is 11.1 Å². The average molecular weight is 236 g/mol. The maximum Gasteiger partial charge on any atom is 0.122 e. The van der Waals surface area contributed by atoms with Gasteiger partial charge in [0.25, 0.3) is 0 Å². The maximum absolute atomic E-state index is 9.75. The molecule has 0 fully saturated rings. The van der Waals surface area contributed by atoms with E-state index in [-0.39, 0.29) is 6.10 Å². The molecule has 2 heteroatoms. The van der Waals surface area contributed by atoms with Crippen LogP contribution in [0.3, 0.4) is 0 Å². The lowest BCUT2D eigenvalue weighted by Gasteiger charge is -2.15. The summed E-state index contributed by atoms with van der Waals surface area (Å²) in [5.74, 6) is 1.30. The van der Waals surface area contributed by atoms with Crippen LogP contribution >= 0.6 is 0 Å². The first-order valence-electron chi connectivity index (χ1n) is 6.36. The van der Waals surface area contributed by atoms with Gasteiger partial charge in [0.2, 0.25) is 0 Å². The summed E-state index contributed by atoms with van der Waals surface area (Å²) in [6.07, 6.45) is 2.63. The minimum absolute atomic E-state index is 0.189. The summed E-state index contributed by atoms with van der Waals surface area (Å²) < 4.78 is 5.34. The van der Waals surface area contributed by atoms with E-state index in [1.54, 1.807) is 7.11 Å². The first kappa shape index (κ1) is 14.0. The fraction of sp³-hybridized carbons (Fsp3) is 0.600. The lowest BCUT2D eigenvalue weighted by molar-refractivity contribution is 0.114. The maximum atomic E-state index is 9.75. The van der Waals surface area contributed by atoms with Crippen molar-refractivity contribution in [2.24, 2.45) is 5.92 Å². The van der Waals surface area contributed by atoms with Gasteiger partial charge in [0.15, 0.2) is 0 Å². The third-order valence-corrected chi connectivity index (χ3v) is 3.15. The molecule has 17 heavy (non-hydrogen) atoms. The zero-order chi connectivity index (χ0) is 12.8.